The SMILES string of the molecule is COc1ccc(COC[C@H](C)CC2=Cc3ccc(C=O)cc3C23CCC(Nc2cccc(Cl)c2)(C(=O)O)CC3)cc1. The van der Waals surface area contributed by atoms with Crippen LogP contribution in [-0.4, -0.2) is 36.6 Å². The zero-order valence-corrected chi connectivity index (χ0v) is 24.2. The van der Waals surface area contributed by atoms with Crippen LogP contribution in [0.1, 0.15) is 66.1 Å². The van der Waals surface area contributed by atoms with Crippen LogP contribution in [0.15, 0.2) is 72.3 Å². The first-order valence-electron chi connectivity index (χ1n) is 14.1. The third-order valence-corrected chi connectivity index (χ3v) is 8.88. The second-order valence-electron chi connectivity index (χ2n) is 11.4. The van der Waals surface area contributed by atoms with Crippen molar-refractivity contribution in [3.63, 3.8) is 0 Å². The maximum atomic E-state index is 12.7. The summed E-state index contributed by atoms with van der Waals surface area (Å²) in [5.74, 6) is 0.213. The predicted octanol–water partition coefficient (Wildman–Crippen LogP) is 7.55. The van der Waals surface area contributed by atoms with E-state index >= 15 is 0 Å². The Hall–Kier alpha value is -3.61. The number of hydrogen-bond donors (Lipinski definition) is 2. The number of hydrogen-bond acceptors (Lipinski definition) is 5. The van der Waals surface area contributed by atoms with Crippen molar-refractivity contribution >= 4 is 35.6 Å². The Morgan fingerprint density at radius 2 is 1.83 bits per heavy atom. The Kier molecular flexibility index (Phi) is 8.52. The number of rotatable bonds is 11. The quantitative estimate of drug-likeness (QED) is 0.230. The average molecular weight is 574 g/mol. The molecule has 0 bridgehead atoms. The fraction of sp³-hybridized carbons (Fsp3) is 0.353. The standard InChI is InChI=1S/C34H36ClNO5/c1-23(21-41-22-24-7-10-30(40-2)11-8-24)16-27-18-26-9-6-25(20-37)17-31(26)33(27)12-14-34(15-13-33,32(38)39)36-29-5-3-4-28(35)19-29/h3-11,17-20,23,36H,12-16,21-22H2,1-2H3,(H,38,39)/t23-,33?,34?/m1/s1. The third-order valence-electron chi connectivity index (χ3n) is 8.65. The maximum absolute atomic E-state index is 12.7. The summed E-state index contributed by atoms with van der Waals surface area (Å²) in [4.78, 5) is 24.4. The van der Waals surface area contributed by atoms with E-state index in [4.69, 9.17) is 21.1 Å². The van der Waals surface area contributed by atoms with Crippen molar-refractivity contribution in [2.45, 2.75) is 56.6 Å². The number of halogens is 1. The van der Waals surface area contributed by atoms with Gasteiger partial charge in [-0.25, -0.2) is 4.79 Å². The second-order valence-corrected chi connectivity index (χ2v) is 11.8. The fourth-order valence-corrected chi connectivity index (χ4v) is 6.59. The van der Waals surface area contributed by atoms with E-state index in [1.165, 1.54) is 5.57 Å². The predicted molar refractivity (Wildman–Crippen MR) is 162 cm³/mol. The number of allylic oxidation sites excluding steroid dienone is 1. The molecule has 2 N–H and O–H groups in total. The number of aliphatic carboxylic acids is 1. The van der Waals surface area contributed by atoms with E-state index in [9.17, 15) is 14.7 Å². The molecule has 0 heterocycles. The fourth-order valence-electron chi connectivity index (χ4n) is 6.40. The van der Waals surface area contributed by atoms with Crippen molar-refractivity contribution in [1.29, 1.82) is 0 Å². The summed E-state index contributed by atoms with van der Waals surface area (Å²) in [6.07, 6.45) is 6.17. The molecule has 5 rings (SSSR count). The molecule has 2 aliphatic rings. The summed E-state index contributed by atoms with van der Waals surface area (Å²) in [7, 11) is 1.65. The highest BCUT2D eigenvalue weighted by molar-refractivity contribution is 6.30. The van der Waals surface area contributed by atoms with E-state index < -0.39 is 11.5 Å². The molecular weight excluding hydrogens is 538 g/mol. The van der Waals surface area contributed by atoms with Crippen molar-refractivity contribution in [3.8, 4) is 5.75 Å². The number of benzene rings is 3. The monoisotopic (exact) mass is 573 g/mol. The van der Waals surface area contributed by atoms with Gasteiger partial charge in [0.25, 0.3) is 0 Å². The smallest absolute Gasteiger partial charge is 0.329 e. The van der Waals surface area contributed by atoms with Gasteiger partial charge in [0.1, 0.15) is 17.6 Å². The van der Waals surface area contributed by atoms with Crippen LogP contribution in [0.3, 0.4) is 0 Å². The molecule has 0 unspecified atom stereocenters. The lowest BCUT2D eigenvalue weighted by Crippen LogP contribution is -2.52. The molecule has 0 saturated heterocycles. The van der Waals surface area contributed by atoms with Gasteiger partial charge in [-0.2, -0.15) is 0 Å². The van der Waals surface area contributed by atoms with E-state index in [1.807, 2.05) is 54.6 Å². The zero-order valence-electron chi connectivity index (χ0n) is 23.5. The first-order valence-corrected chi connectivity index (χ1v) is 14.4. The van der Waals surface area contributed by atoms with Crippen molar-refractivity contribution in [2.75, 3.05) is 19.0 Å². The van der Waals surface area contributed by atoms with Crippen molar-refractivity contribution < 1.29 is 24.2 Å². The van der Waals surface area contributed by atoms with Gasteiger partial charge < -0.3 is 19.9 Å². The number of anilines is 1. The molecule has 3 aromatic carbocycles. The van der Waals surface area contributed by atoms with Crippen LogP contribution < -0.4 is 10.1 Å². The number of carboxylic acid groups (broad SMARTS) is 1. The van der Waals surface area contributed by atoms with Gasteiger partial charge in [-0.15, -0.1) is 0 Å². The molecule has 6 nitrogen and oxygen atoms in total. The molecule has 1 atom stereocenters. The third kappa shape index (κ3) is 6.04. The van der Waals surface area contributed by atoms with Crippen LogP contribution >= 0.6 is 11.6 Å². The number of ether oxygens (including phenoxy) is 2. The van der Waals surface area contributed by atoms with Gasteiger partial charge in [0, 0.05) is 28.3 Å². The topological polar surface area (TPSA) is 84.9 Å². The number of carbonyl (C=O) groups is 2. The van der Waals surface area contributed by atoms with E-state index in [1.54, 1.807) is 19.2 Å². The van der Waals surface area contributed by atoms with Gasteiger partial charge in [-0.05, 0) is 91.1 Å². The van der Waals surface area contributed by atoms with Gasteiger partial charge >= 0.3 is 5.97 Å². The molecule has 2 aliphatic carbocycles. The lowest BCUT2D eigenvalue weighted by Gasteiger charge is -2.46. The summed E-state index contributed by atoms with van der Waals surface area (Å²) in [6, 6.07) is 20.9. The number of carbonyl (C=O) groups excluding carboxylic acids is 1. The molecule has 1 saturated carbocycles. The molecule has 7 heteroatoms. The molecule has 0 radical (unpaired) electrons. The normalized spacial score (nSPS) is 22.1. The molecule has 0 aliphatic heterocycles. The Bertz CT molecular complexity index is 1440. The summed E-state index contributed by atoms with van der Waals surface area (Å²) >= 11 is 6.18. The number of carboxylic acids is 1. The van der Waals surface area contributed by atoms with Crippen molar-refractivity contribution in [2.24, 2.45) is 5.92 Å². The van der Waals surface area contributed by atoms with E-state index in [-0.39, 0.29) is 11.3 Å². The van der Waals surface area contributed by atoms with Crippen molar-refractivity contribution in [3.05, 3.63) is 99.6 Å². The summed E-state index contributed by atoms with van der Waals surface area (Å²) in [5.41, 5.74) is 4.55. The molecule has 1 fully saturated rings. The summed E-state index contributed by atoms with van der Waals surface area (Å²) < 4.78 is 11.3. The minimum Gasteiger partial charge on any atom is -0.497 e. The van der Waals surface area contributed by atoms with Crippen LogP contribution in [0.2, 0.25) is 5.02 Å². The minimum atomic E-state index is -1.10. The second kappa shape index (κ2) is 12.1. The zero-order chi connectivity index (χ0) is 29.0. The van der Waals surface area contributed by atoms with E-state index in [0.29, 0.717) is 55.2 Å². The maximum Gasteiger partial charge on any atom is 0.329 e. The highest BCUT2D eigenvalue weighted by Gasteiger charge is 2.51. The first-order chi connectivity index (χ1) is 19.8. The minimum absolute atomic E-state index is 0.256. The Morgan fingerprint density at radius 1 is 1.07 bits per heavy atom. The Balaban J connectivity index is 1.33. The molecular formula is C34H36ClNO5. The van der Waals surface area contributed by atoms with E-state index in [0.717, 1.165) is 35.1 Å². The van der Waals surface area contributed by atoms with E-state index in [2.05, 4.69) is 18.3 Å². The lowest BCUT2D eigenvalue weighted by molar-refractivity contribution is -0.143. The summed E-state index contributed by atoms with van der Waals surface area (Å²) in [6.45, 7) is 3.32. The molecule has 0 amide bonds. The number of fused-ring (bicyclic) bond motifs is 2. The van der Waals surface area contributed by atoms with Gasteiger partial charge in [0.05, 0.1) is 13.7 Å². The highest BCUT2D eigenvalue weighted by Crippen LogP contribution is 2.55. The van der Waals surface area contributed by atoms with Crippen LogP contribution in [-0.2, 0) is 21.6 Å². The number of nitrogens with one attached hydrogen (secondary N) is 1. The largest absolute Gasteiger partial charge is 0.497 e. The number of methoxy groups -OCH3 is 1. The number of aldehydes is 1. The first kappa shape index (κ1) is 28.9. The lowest BCUT2D eigenvalue weighted by atomic mass is 9.61. The Labute approximate surface area is 246 Å². The van der Waals surface area contributed by atoms with Crippen LogP contribution in [0.25, 0.3) is 6.08 Å². The van der Waals surface area contributed by atoms with Crippen molar-refractivity contribution in [1.82, 2.24) is 0 Å². The van der Waals surface area contributed by atoms with Crippen LogP contribution in [0.5, 0.6) is 5.75 Å². The highest BCUT2D eigenvalue weighted by atomic mass is 35.5. The van der Waals surface area contributed by atoms with Crippen LogP contribution in [0.4, 0.5) is 5.69 Å². The van der Waals surface area contributed by atoms with Gasteiger partial charge in [-0.3, -0.25) is 4.79 Å². The van der Waals surface area contributed by atoms with Crippen LogP contribution in [0, 0.1) is 5.92 Å². The molecule has 1 spiro atoms. The Morgan fingerprint density at radius 3 is 2.49 bits per heavy atom. The molecule has 214 valence electrons. The molecule has 3 aromatic rings. The van der Waals surface area contributed by atoms with Gasteiger partial charge in [0.2, 0.25) is 0 Å². The van der Waals surface area contributed by atoms with Gasteiger partial charge in [0.15, 0.2) is 0 Å². The molecule has 41 heavy (non-hydrogen) atoms. The summed E-state index contributed by atoms with van der Waals surface area (Å²) in [5, 5.41) is 14.2. The molecule has 0 aromatic heterocycles. The average Bonchev–Trinajstić information content (AvgIpc) is 3.26. The van der Waals surface area contributed by atoms with Gasteiger partial charge in [-0.1, -0.05) is 60.5 Å².